The second kappa shape index (κ2) is 21.5. The number of rotatable bonds is 18. The predicted molar refractivity (Wildman–Crippen MR) is 228 cm³/mol. The van der Waals surface area contributed by atoms with E-state index in [4.69, 9.17) is 9.47 Å². The Morgan fingerprint density at radius 2 is 1.58 bits per heavy atom. The van der Waals surface area contributed by atoms with Crippen molar-refractivity contribution < 1.29 is 46.6 Å². The number of anilines is 1. The largest absolute Gasteiger partial charge is 0.416 e. The van der Waals surface area contributed by atoms with Gasteiger partial charge in [0.25, 0.3) is 0 Å². The van der Waals surface area contributed by atoms with Gasteiger partial charge in [-0.05, 0) is 86.6 Å². The zero-order valence-corrected chi connectivity index (χ0v) is 36.2. The van der Waals surface area contributed by atoms with Crippen LogP contribution in [0.2, 0.25) is 0 Å². The molecule has 3 N–H and O–H groups in total. The van der Waals surface area contributed by atoms with Crippen LogP contribution in [-0.4, -0.2) is 138 Å². The van der Waals surface area contributed by atoms with Crippen LogP contribution < -0.4 is 16.0 Å². The molecule has 4 aliphatic rings. The number of carbonyl (C=O) groups is 5. The number of benzene rings is 1. The number of ether oxygens (including phenoxy) is 2. The summed E-state index contributed by atoms with van der Waals surface area (Å²) in [7, 11) is 1.70. The normalized spacial score (nSPS) is 23.2. The quantitative estimate of drug-likeness (QED) is 0.157. The van der Waals surface area contributed by atoms with Crippen molar-refractivity contribution in [2.24, 2.45) is 23.7 Å². The molecule has 1 saturated carbocycles. The number of halogens is 3. The Morgan fingerprint density at radius 3 is 2.31 bits per heavy atom. The third-order valence-electron chi connectivity index (χ3n) is 13.3. The van der Waals surface area contributed by atoms with Gasteiger partial charge in [-0.15, -0.1) is 0 Å². The molecular formula is C45H58F3N9O7. The summed E-state index contributed by atoms with van der Waals surface area (Å²) in [6, 6.07) is 5.90. The Hall–Kier alpha value is -5.43. The van der Waals surface area contributed by atoms with E-state index in [0.717, 1.165) is 56.2 Å². The van der Waals surface area contributed by atoms with E-state index in [9.17, 15) is 37.1 Å². The van der Waals surface area contributed by atoms with Crippen LogP contribution in [0.5, 0.6) is 0 Å². The van der Waals surface area contributed by atoms with Crippen LogP contribution in [0.25, 0.3) is 10.9 Å². The van der Waals surface area contributed by atoms with E-state index in [0.29, 0.717) is 95.9 Å². The molecule has 3 atom stereocenters. The van der Waals surface area contributed by atoms with Crippen molar-refractivity contribution in [2.45, 2.75) is 76.0 Å². The highest BCUT2D eigenvalue weighted by molar-refractivity contribution is 5.93. The molecule has 5 amide bonds. The van der Waals surface area contributed by atoms with Gasteiger partial charge >= 0.3 is 6.18 Å². The highest BCUT2D eigenvalue weighted by Crippen LogP contribution is 2.39. The average molecular weight is 894 g/mol. The molecular weight excluding hydrogens is 836 g/mol. The molecule has 19 heteroatoms. The Morgan fingerprint density at radius 1 is 0.844 bits per heavy atom. The van der Waals surface area contributed by atoms with E-state index < -0.39 is 23.7 Å². The van der Waals surface area contributed by atoms with E-state index in [1.807, 2.05) is 11.0 Å². The van der Waals surface area contributed by atoms with Crippen LogP contribution in [0.4, 0.5) is 19.0 Å². The fourth-order valence-corrected chi connectivity index (χ4v) is 9.67. The minimum Gasteiger partial charge on any atom is -0.379 e. The number of pyridine rings is 1. The molecule has 16 nitrogen and oxygen atoms in total. The van der Waals surface area contributed by atoms with E-state index in [-0.39, 0.29) is 59.1 Å². The third-order valence-corrected chi connectivity index (χ3v) is 13.3. The van der Waals surface area contributed by atoms with Gasteiger partial charge < -0.3 is 40.1 Å². The molecule has 1 aliphatic carbocycles. The smallest absolute Gasteiger partial charge is 0.379 e. The number of amides is 5. The summed E-state index contributed by atoms with van der Waals surface area (Å²) in [5, 5.41) is 9.10. The number of aromatic nitrogens is 3. The molecule has 7 rings (SSSR count). The predicted octanol–water partition coefficient (Wildman–Crippen LogP) is 3.98. The highest BCUT2D eigenvalue weighted by Gasteiger charge is 2.43. The second-order valence-electron chi connectivity index (χ2n) is 17.2. The van der Waals surface area contributed by atoms with Gasteiger partial charge in [0.1, 0.15) is 18.2 Å². The van der Waals surface area contributed by atoms with Crippen molar-refractivity contribution in [3.05, 3.63) is 60.2 Å². The molecule has 2 aromatic heterocycles. The molecule has 0 spiro atoms. The zero-order valence-electron chi connectivity index (χ0n) is 36.2. The van der Waals surface area contributed by atoms with Gasteiger partial charge in [-0.1, -0.05) is 6.07 Å². The average Bonchev–Trinajstić information content (AvgIpc) is 3.81. The van der Waals surface area contributed by atoms with Crippen molar-refractivity contribution in [1.29, 1.82) is 0 Å². The van der Waals surface area contributed by atoms with Gasteiger partial charge in [-0.2, -0.15) is 13.2 Å². The summed E-state index contributed by atoms with van der Waals surface area (Å²) < 4.78 is 51.3. The van der Waals surface area contributed by atoms with E-state index in [2.05, 4.69) is 30.9 Å². The molecule has 3 saturated heterocycles. The van der Waals surface area contributed by atoms with Crippen molar-refractivity contribution >= 4 is 46.3 Å². The van der Waals surface area contributed by atoms with E-state index >= 15 is 0 Å². The highest BCUT2D eigenvalue weighted by atomic mass is 19.4. The minimum atomic E-state index is -4.52. The molecule has 3 aliphatic heterocycles. The first-order chi connectivity index (χ1) is 30.9. The number of carbonyl (C=O) groups excluding carboxylic acids is 5. The first-order valence-corrected chi connectivity index (χ1v) is 22.4. The topological polar surface area (TPSA) is 188 Å². The van der Waals surface area contributed by atoms with Gasteiger partial charge in [0.15, 0.2) is 0 Å². The van der Waals surface area contributed by atoms with Crippen molar-refractivity contribution in [3.8, 4) is 0 Å². The van der Waals surface area contributed by atoms with Crippen molar-refractivity contribution in [3.63, 3.8) is 0 Å². The SMILES string of the molecule is CN1C(=O)C[C@H](C(=O)NCCOCCOCCC(=O)N2CCC(C3CCC(C(=O)NCCN4CC[C@H](Nc5ncnc6ccc(C(F)(F)F)cc56)C4=O)CC3)CC2)[C@H]1c1cccnc1. The summed E-state index contributed by atoms with van der Waals surface area (Å²) in [6.07, 6.45) is 6.37. The summed E-state index contributed by atoms with van der Waals surface area (Å²) in [6.45, 7) is 4.09. The van der Waals surface area contributed by atoms with Crippen LogP contribution in [0.3, 0.4) is 0 Å². The van der Waals surface area contributed by atoms with Gasteiger partial charge in [-0.3, -0.25) is 29.0 Å². The summed E-state index contributed by atoms with van der Waals surface area (Å²) in [4.78, 5) is 81.9. The lowest BCUT2D eigenvalue weighted by molar-refractivity contribution is -0.137. The van der Waals surface area contributed by atoms with Crippen LogP contribution in [0.15, 0.2) is 49.1 Å². The zero-order chi connectivity index (χ0) is 45.2. The van der Waals surface area contributed by atoms with E-state index in [1.165, 1.54) is 12.4 Å². The number of hydrogen-bond acceptors (Lipinski definition) is 11. The van der Waals surface area contributed by atoms with Crippen LogP contribution in [-0.2, 0) is 39.6 Å². The van der Waals surface area contributed by atoms with Gasteiger partial charge in [-0.25, -0.2) is 9.97 Å². The number of fused-ring (bicyclic) bond motifs is 1. The monoisotopic (exact) mass is 893 g/mol. The van der Waals surface area contributed by atoms with Crippen molar-refractivity contribution in [2.75, 3.05) is 78.1 Å². The third kappa shape index (κ3) is 11.6. The number of piperidine rings is 1. The molecule has 0 radical (unpaired) electrons. The molecule has 346 valence electrons. The second-order valence-corrected chi connectivity index (χ2v) is 17.2. The maximum absolute atomic E-state index is 13.3. The molecule has 4 fully saturated rings. The molecule has 0 bridgehead atoms. The van der Waals surface area contributed by atoms with Crippen LogP contribution in [0.1, 0.15) is 75.0 Å². The maximum atomic E-state index is 13.3. The molecule has 1 aromatic carbocycles. The van der Waals surface area contributed by atoms with Gasteiger partial charge in [0.05, 0.1) is 55.9 Å². The first kappa shape index (κ1) is 46.6. The standard InChI is InChI=1S/C45H58F3N9O7/c1-55-39(59)26-35(40(55)32-3-2-14-49-27-32)43(61)51-16-22-64-24-23-63-21-13-38(58)56-17-10-30(11-18-56)29-4-6-31(7-5-29)42(60)50-15-20-57-19-12-37(44(57)62)54-41-34-25-33(45(46,47)48)8-9-36(34)52-28-53-41/h2-3,8-9,14,25,27-31,35,37,40H,4-7,10-13,15-24,26H2,1H3,(H,50,60)(H,51,61)(H,52,53,54)/t29?,31?,35-,37-,40+/m0/s1. The fraction of sp³-hybridized carbons (Fsp3) is 0.600. The van der Waals surface area contributed by atoms with Gasteiger partial charge in [0.2, 0.25) is 29.5 Å². The number of likely N-dealkylation sites (tertiary alicyclic amines) is 3. The van der Waals surface area contributed by atoms with Gasteiger partial charge in [0, 0.05) is 76.4 Å². The lowest BCUT2D eigenvalue weighted by Crippen LogP contribution is -2.42. The fourth-order valence-electron chi connectivity index (χ4n) is 9.67. The summed E-state index contributed by atoms with van der Waals surface area (Å²) in [5.74, 6) is 0.228. The Balaban J connectivity index is 0.710. The number of nitrogens with zero attached hydrogens (tertiary/aromatic N) is 6. The van der Waals surface area contributed by atoms with Crippen molar-refractivity contribution in [1.82, 2.24) is 40.3 Å². The molecule has 5 heterocycles. The lowest BCUT2D eigenvalue weighted by Gasteiger charge is -2.39. The minimum absolute atomic E-state index is 0.00587. The Bertz CT molecular complexity index is 2100. The summed E-state index contributed by atoms with van der Waals surface area (Å²) >= 11 is 0. The van der Waals surface area contributed by atoms with Crippen LogP contribution in [0, 0.1) is 23.7 Å². The molecule has 0 unspecified atom stereocenters. The van der Waals surface area contributed by atoms with E-state index in [1.54, 1.807) is 35.3 Å². The number of hydrogen-bond donors (Lipinski definition) is 3. The maximum Gasteiger partial charge on any atom is 0.416 e. The molecule has 64 heavy (non-hydrogen) atoms. The summed E-state index contributed by atoms with van der Waals surface area (Å²) in [5.41, 5.74) is 0.341. The van der Waals surface area contributed by atoms with Crippen LogP contribution >= 0.6 is 0 Å². The Labute approximate surface area is 370 Å². The lowest BCUT2D eigenvalue weighted by atomic mass is 9.72. The number of alkyl halides is 3. The Kier molecular flexibility index (Phi) is 15.6. The molecule has 3 aromatic rings. The number of nitrogens with one attached hydrogen (secondary N) is 3. The first-order valence-electron chi connectivity index (χ1n) is 22.4.